The number of amides is 1. The molecule has 0 spiro atoms. The van der Waals surface area contributed by atoms with E-state index in [1.807, 2.05) is 0 Å². The summed E-state index contributed by atoms with van der Waals surface area (Å²) < 4.78 is 25.0. The van der Waals surface area contributed by atoms with Gasteiger partial charge in [0.1, 0.15) is 6.54 Å². The Kier molecular flexibility index (Phi) is 6.07. The average molecular weight is 357 g/mol. The van der Waals surface area contributed by atoms with Gasteiger partial charge in [-0.3, -0.25) is 9.10 Å². The summed E-state index contributed by atoms with van der Waals surface area (Å²) in [6.45, 7) is 0.189. The van der Waals surface area contributed by atoms with Crippen molar-refractivity contribution in [3.63, 3.8) is 0 Å². The maximum absolute atomic E-state index is 12.1. The maximum Gasteiger partial charge on any atom is 0.241 e. The number of hydrogen-bond donors (Lipinski definition) is 1. The fraction of sp³-hybridized carbons (Fsp3) is 0.438. The number of nitrogens with one attached hydrogen (secondary N) is 1. The summed E-state index contributed by atoms with van der Waals surface area (Å²) in [6.07, 6.45) is 7.56. The predicted molar refractivity (Wildman–Crippen MR) is 93.2 cm³/mol. The van der Waals surface area contributed by atoms with Crippen molar-refractivity contribution in [1.82, 2.24) is 5.32 Å². The van der Waals surface area contributed by atoms with Crippen LogP contribution in [0.15, 0.2) is 35.9 Å². The summed E-state index contributed by atoms with van der Waals surface area (Å²) in [5.41, 5.74) is 1.51. The molecule has 0 bridgehead atoms. The van der Waals surface area contributed by atoms with Gasteiger partial charge in [0.25, 0.3) is 0 Å². The summed E-state index contributed by atoms with van der Waals surface area (Å²) in [6, 6.07) is 6.58. The highest BCUT2D eigenvalue weighted by atomic mass is 35.5. The Balaban J connectivity index is 2.05. The molecule has 1 amide bonds. The second kappa shape index (κ2) is 7.84. The van der Waals surface area contributed by atoms with Gasteiger partial charge in [0.05, 0.1) is 17.0 Å². The number of rotatable bonds is 6. The second-order valence-corrected chi connectivity index (χ2v) is 7.92. The van der Waals surface area contributed by atoms with Crippen LogP contribution in [0.5, 0.6) is 0 Å². The third-order valence-electron chi connectivity index (χ3n) is 3.71. The zero-order valence-electron chi connectivity index (χ0n) is 13.1. The molecule has 1 aromatic carbocycles. The summed E-state index contributed by atoms with van der Waals surface area (Å²) >= 11 is 6.06. The zero-order valence-corrected chi connectivity index (χ0v) is 14.7. The van der Waals surface area contributed by atoms with Crippen molar-refractivity contribution in [3.8, 4) is 0 Å². The quantitative estimate of drug-likeness (QED) is 0.797. The molecule has 0 unspecified atom stereocenters. The van der Waals surface area contributed by atoms with Crippen LogP contribution in [-0.2, 0) is 14.8 Å². The average Bonchev–Trinajstić information content (AvgIpc) is 2.51. The lowest BCUT2D eigenvalue weighted by Crippen LogP contribution is -2.41. The molecule has 5 nitrogen and oxygen atoms in total. The molecule has 1 aliphatic rings. The van der Waals surface area contributed by atoms with Crippen LogP contribution < -0.4 is 9.62 Å². The molecule has 0 heterocycles. The minimum atomic E-state index is -3.61. The monoisotopic (exact) mass is 356 g/mol. The fourth-order valence-corrected chi connectivity index (χ4v) is 3.65. The predicted octanol–water partition coefficient (Wildman–Crippen LogP) is 2.72. The maximum atomic E-state index is 12.1. The van der Waals surface area contributed by atoms with Gasteiger partial charge in [-0.05, 0) is 37.8 Å². The molecule has 126 valence electrons. The van der Waals surface area contributed by atoms with Crippen molar-refractivity contribution in [1.29, 1.82) is 0 Å². The molecule has 2 rings (SSSR count). The lowest BCUT2D eigenvalue weighted by Gasteiger charge is -2.23. The highest BCUT2D eigenvalue weighted by Crippen LogP contribution is 2.26. The van der Waals surface area contributed by atoms with E-state index in [1.54, 1.807) is 24.3 Å². The minimum absolute atomic E-state index is 0.282. The zero-order chi connectivity index (χ0) is 16.9. The Bertz CT molecular complexity index is 701. The van der Waals surface area contributed by atoms with E-state index in [2.05, 4.69) is 11.4 Å². The van der Waals surface area contributed by atoms with Gasteiger partial charge in [-0.25, -0.2) is 8.42 Å². The summed E-state index contributed by atoms with van der Waals surface area (Å²) in [4.78, 5) is 12.1. The van der Waals surface area contributed by atoms with Crippen LogP contribution in [0.25, 0.3) is 0 Å². The van der Waals surface area contributed by atoms with Crippen molar-refractivity contribution in [2.24, 2.45) is 0 Å². The number of hydrogen-bond acceptors (Lipinski definition) is 3. The first-order chi connectivity index (χ1) is 10.9. The molecule has 0 aromatic heterocycles. The van der Waals surface area contributed by atoms with E-state index in [0.29, 0.717) is 17.3 Å². The first-order valence-corrected chi connectivity index (χ1v) is 9.77. The Morgan fingerprint density at radius 2 is 2.04 bits per heavy atom. The fourth-order valence-electron chi connectivity index (χ4n) is 2.50. The second-order valence-electron chi connectivity index (χ2n) is 5.61. The lowest BCUT2D eigenvalue weighted by atomic mass is 10.00. The molecule has 0 radical (unpaired) electrons. The molecule has 0 aliphatic heterocycles. The van der Waals surface area contributed by atoms with E-state index in [4.69, 9.17) is 11.6 Å². The molecule has 0 fully saturated rings. The third kappa shape index (κ3) is 5.25. The van der Waals surface area contributed by atoms with Crippen LogP contribution in [0.3, 0.4) is 0 Å². The van der Waals surface area contributed by atoms with E-state index in [1.165, 1.54) is 12.0 Å². The SMILES string of the molecule is CS(=O)(=O)N(CC(=O)NCC1=CCCCC1)c1ccccc1Cl. The number of para-hydroxylation sites is 1. The minimum Gasteiger partial charge on any atom is -0.351 e. The number of halogens is 1. The smallest absolute Gasteiger partial charge is 0.241 e. The van der Waals surface area contributed by atoms with Gasteiger partial charge >= 0.3 is 0 Å². The van der Waals surface area contributed by atoms with Gasteiger partial charge < -0.3 is 5.32 Å². The normalized spacial score (nSPS) is 15.0. The Hall–Kier alpha value is -1.53. The van der Waals surface area contributed by atoms with Crippen LogP contribution in [0, 0.1) is 0 Å². The molecule has 23 heavy (non-hydrogen) atoms. The molecule has 0 saturated heterocycles. The molecule has 1 N–H and O–H groups in total. The van der Waals surface area contributed by atoms with E-state index in [9.17, 15) is 13.2 Å². The number of anilines is 1. The Morgan fingerprint density at radius 1 is 1.30 bits per heavy atom. The van der Waals surface area contributed by atoms with Crippen molar-refractivity contribution >= 4 is 33.2 Å². The first-order valence-electron chi connectivity index (χ1n) is 7.55. The van der Waals surface area contributed by atoms with Gasteiger partial charge in [-0.2, -0.15) is 0 Å². The van der Waals surface area contributed by atoms with Crippen molar-refractivity contribution in [2.75, 3.05) is 23.7 Å². The summed E-state index contributed by atoms with van der Waals surface area (Å²) in [5.74, 6) is -0.346. The first kappa shape index (κ1) is 17.8. The number of sulfonamides is 1. The molecule has 0 atom stereocenters. The molecular weight excluding hydrogens is 336 g/mol. The van der Waals surface area contributed by atoms with E-state index < -0.39 is 10.0 Å². The highest BCUT2D eigenvalue weighted by molar-refractivity contribution is 7.92. The van der Waals surface area contributed by atoms with Crippen molar-refractivity contribution in [3.05, 3.63) is 40.9 Å². The Labute approximate surface area is 142 Å². The van der Waals surface area contributed by atoms with Crippen LogP contribution in [0.1, 0.15) is 25.7 Å². The van der Waals surface area contributed by atoms with Crippen LogP contribution in [0.2, 0.25) is 5.02 Å². The largest absolute Gasteiger partial charge is 0.351 e. The summed E-state index contributed by atoms with van der Waals surface area (Å²) in [7, 11) is -3.61. The molecule has 1 aliphatic carbocycles. The van der Waals surface area contributed by atoms with E-state index >= 15 is 0 Å². The number of nitrogens with zero attached hydrogens (tertiary/aromatic N) is 1. The van der Waals surface area contributed by atoms with Gasteiger partial charge in [0.15, 0.2) is 0 Å². The van der Waals surface area contributed by atoms with Crippen LogP contribution >= 0.6 is 11.6 Å². The highest BCUT2D eigenvalue weighted by Gasteiger charge is 2.22. The van der Waals surface area contributed by atoms with Crippen molar-refractivity contribution in [2.45, 2.75) is 25.7 Å². The molecule has 1 aromatic rings. The van der Waals surface area contributed by atoms with Crippen LogP contribution in [0.4, 0.5) is 5.69 Å². The number of carbonyl (C=O) groups is 1. The van der Waals surface area contributed by atoms with Gasteiger partial charge in [0.2, 0.25) is 15.9 Å². The number of benzene rings is 1. The Morgan fingerprint density at radius 3 is 2.65 bits per heavy atom. The third-order valence-corrected chi connectivity index (χ3v) is 5.15. The van der Waals surface area contributed by atoms with E-state index in [0.717, 1.165) is 29.8 Å². The molecule has 7 heteroatoms. The number of carbonyl (C=O) groups excluding carboxylic acids is 1. The lowest BCUT2D eigenvalue weighted by molar-refractivity contribution is -0.119. The van der Waals surface area contributed by atoms with Gasteiger partial charge in [-0.1, -0.05) is 35.4 Å². The topological polar surface area (TPSA) is 66.5 Å². The van der Waals surface area contributed by atoms with Gasteiger partial charge in [-0.15, -0.1) is 0 Å². The van der Waals surface area contributed by atoms with Gasteiger partial charge in [0, 0.05) is 6.54 Å². The van der Waals surface area contributed by atoms with Crippen LogP contribution in [-0.4, -0.2) is 33.7 Å². The molecule has 0 saturated carbocycles. The van der Waals surface area contributed by atoms with Crippen molar-refractivity contribution < 1.29 is 13.2 Å². The van der Waals surface area contributed by atoms with E-state index in [-0.39, 0.29) is 12.5 Å². The molecular formula is C16H21ClN2O3S. The summed E-state index contributed by atoms with van der Waals surface area (Å²) in [5, 5.41) is 3.08. The number of allylic oxidation sites excluding steroid dienone is 1. The standard InChI is InChI=1S/C16H21ClN2O3S/c1-23(21,22)19(15-10-6-5-9-14(15)17)12-16(20)18-11-13-7-3-2-4-8-13/h5-7,9-10H,2-4,8,11-12H2,1H3,(H,18,20).